The lowest BCUT2D eigenvalue weighted by molar-refractivity contribution is 0.0383. The number of aromatic nitrogens is 1. The lowest BCUT2D eigenvalue weighted by atomic mass is 10.2. The van der Waals surface area contributed by atoms with Gasteiger partial charge in [-0.2, -0.15) is 5.26 Å². The predicted molar refractivity (Wildman–Crippen MR) is 103 cm³/mol. The molecule has 3 rings (SSSR count). The maximum Gasteiger partial charge on any atom is 0.274 e. The summed E-state index contributed by atoms with van der Waals surface area (Å²) < 4.78 is 5.30. The van der Waals surface area contributed by atoms with Crippen LogP contribution in [0.5, 0.6) is 0 Å². The molecular weight excluding hydrogens is 358 g/mol. The summed E-state index contributed by atoms with van der Waals surface area (Å²) in [5.74, 6) is -0.700. The Labute approximate surface area is 163 Å². The number of nitrogens with zero attached hydrogens (tertiary/aromatic N) is 3. The van der Waals surface area contributed by atoms with E-state index < -0.39 is 5.91 Å². The van der Waals surface area contributed by atoms with E-state index in [1.165, 1.54) is 12.3 Å². The SMILES string of the molecule is N#Cc1cccc(NC(=O)c2cc(C(=O)NCCN3CCOCC3)ccn2)c1. The van der Waals surface area contributed by atoms with Gasteiger partial charge < -0.3 is 15.4 Å². The van der Waals surface area contributed by atoms with Gasteiger partial charge in [-0.25, -0.2) is 0 Å². The minimum absolute atomic E-state index is 0.128. The van der Waals surface area contributed by atoms with Crippen LogP contribution in [-0.2, 0) is 4.74 Å². The van der Waals surface area contributed by atoms with E-state index in [1.54, 1.807) is 30.3 Å². The number of nitriles is 1. The molecule has 0 saturated carbocycles. The van der Waals surface area contributed by atoms with Crippen molar-refractivity contribution < 1.29 is 14.3 Å². The highest BCUT2D eigenvalue weighted by molar-refractivity contribution is 6.04. The van der Waals surface area contributed by atoms with Gasteiger partial charge in [-0.3, -0.25) is 19.5 Å². The molecule has 28 heavy (non-hydrogen) atoms. The standard InChI is InChI=1S/C20H21N5O3/c21-14-15-2-1-3-17(12-15)24-20(27)18-13-16(4-5-22-18)19(26)23-6-7-25-8-10-28-11-9-25/h1-5,12-13H,6-11H2,(H,23,26)(H,24,27). The smallest absolute Gasteiger partial charge is 0.274 e. The zero-order valence-corrected chi connectivity index (χ0v) is 15.4. The zero-order chi connectivity index (χ0) is 19.8. The third-order valence-electron chi connectivity index (χ3n) is 4.32. The fraction of sp³-hybridized carbons (Fsp3) is 0.300. The van der Waals surface area contributed by atoms with Crippen molar-refractivity contribution in [3.05, 3.63) is 59.4 Å². The van der Waals surface area contributed by atoms with Crippen molar-refractivity contribution in [2.45, 2.75) is 0 Å². The maximum atomic E-state index is 12.4. The third kappa shape index (κ3) is 5.36. The van der Waals surface area contributed by atoms with Gasteiger partial charge in [0.15, 0.2) is 0 Å². The molecular formula is C20H21N5O3. The first-order valence-corrected chi connectivity index (χ1v) is 9.01. The number of benzene rings is 1. The van der Waals surface area contributed by atoms with Gasteiger partial charge in [-0.1, -0.05) is 6.07 Å². The van der Waals surface area contributed by atoms with E-state index in [9.17, 15) is 9.59 Å². The van der Waals surface area contributed by atoms with Crippen LogP contribution >= 0.6 is 0 Å². The first-order valence-electron chi connectivity index (χ1n) is 9.01. The molecule has 0 atom stereocenters. The number of carbonyl (C=O) groups excluding carboxylic acids is 2. The number of morpholine rings is 1. The summed E-state index contributed by atoms with van der Waals surface area (Å²) in [6.45, 7) is 4.43. The van der Waals surface area contributed by atoms with Gasteiger partial charge in [-0.05, 0) is 30.3 Å². The van der Waals surface area contributed by atoms with E-state index in [4.69, 9.17) is 10.00 Å². The molecule has 1 fully saturated rings. The van der Waals surface area contributed by atoms with E-state index in [0.717, 1.165) is 19.6 Å². The number of hydrogen-bond donors (Lipinski definition) is 2. The highest BCUT2D eigenvalue weighted by Gasteiger charge is 2.14. The largest absolute Gasteiger partial charge is 0.379 e. The number of carbonyl (C=O) groups is 2. The number of ether oxygens (including phenoxy) is 1. The molecule has 0 radical (unpaired) electrons. The Kier molecular flexibility index (Phi) is 6.68. The lowest BCUT2D eigenvalue weighted by Gasteiger charge is -2.26. The number of pyridine rings is 1. The number of anilines is 1. The Morgan fingerprint density at radius 1 is 1.18 bits per heavy atom. The van der Waals surface area contributed by atoms with E-state index in [-0.39, 0.29) is 11.6 Å². The van der Waals surface area contributed by atoms with Crippen LogP contribution in [0.25, 0.3) is 0 Å². The summed E-state index contributed by atoms with van der Waals surface area (Å²) in [5.41, 5.74) is 1.43. The molecule has 0 spiro atoms. The number of hydrogen-bond acceptors (Lipinski definition) is 6. The van der Waals surface area contributed by atoms with E-state index in [1.807, 2.05) is 6.07 Å². The monoisotopic (exact) mass is 379 g/mol. The number of nitrogens with one attached hydrogen (secondary N) is 2. The second-order valence-corrected chi connectivity index (χ2v) is 6.29. The second-order valence-electron chi connectivity index (χ2n) is 6.29. The summed E-state index contributed by atoms with van der Waals surface area (Å²) in [4.78, 5) is 31.0. The minimum atomic E-state index is -0.446. The summed E-state index contributed by atoms with van der Waals surface area (Å²) in [7, 11) is 0. The van der Waals surface area contributed by atoms with Crippen molar-refractivity contribution in [2.75, 3.05) is 44.7 Å². The van der Waals surface area contributed by atoms with Gasteiger partial charge in [0.2, 0.25) is 0 Å². The van der Waals surface area contributed by atoms with Crippen LogP contribution in [0.1, 0.15) is 26.4 Å². The molecule has 0 unspecified atom stereocenters. The highest BCUT2D eigenvalue weighted by atomic mass is 16.5. The molecule has 144 valence electrons. The maximum absolute atomic E-state index is 12.4. The topological polar surface area (TPSA) is 107 Å². The Bertz CT molecular complexity index is 887. The average molecular weight is 379 g/mol. The predicted octanol–water partition coefficient (Wildman–Crippen LogP) is 1.27. The van der Waals surface area contributed by atoms with Crippen LogP contribution in [0, 0.1) is 11.3 Å². The van der Waals surface area contributed by atoms with Gasteiger partial charge in [-0.15, -0.1) is 0 Å². The number of rotatable bonds is 6. The first-order chi connectivity index (χ1) is 13.7. The van der Waals surface area contributed by atoms with Crippen LogP contribution in [0.4, 0.5) is 5.69 Å². The van der Waals surface area contributed by atoms with Gasteiger partial charge >= 0.3 is 0 Å². The van der Waals surface area contributed by atoms with E-state index >= 15 is 0 Å². The van der Waals surface area contributed by atoms with Crippen molar-refractivity contribution in [1.29, 1.82) is 5.26 Å². The fourth-order valence-electron chi connectivity index (χ4n) is 2.81. The Morgan fingerprint density at radius 2 is 2.00 bits per heavy atom. The molecule has 8 heteroatoms. The number of amides is 2. The summed E-state index contributed by atoms with van der Waals surface area (Å²) in [6, 6.07) is 11.6. The molecule has 2 heterocycles. The quantitative estimate of drug-likeness (QED) is 0.783. The summed E-state index contributed by atoms with van der Waals surface area (Å²) >= 11 is 0. The third-order valence-corrected chi connectivity index (χ3v) is 4.32. The zero-order valence-electron chi connectivity index (χ0n) is 15.4. The van der Waals surface area contributed by atoms with Crippen LogP contribution in [-0.4, -0.2) is 61.1 Å². The van der Waals surface area contributed by atoms with Crippen molar-refractivity contribution in [3.8, 4) is 6.07 Å². The Balaban J connectivity index is 1.57. The van der Waals surface area contributed by atoms with Crippen molar-refractivity contribution in [3.63, 3.8) is 0 Å². The molecule has 1 aliphatic rings. The minimum Gasteiger partial charge on any atom is -0.379 e. The van der Waals surface area contributed by atoms with Crippen LogP contribution in [0.3, 0.4) is 0 Å². The first kappa shape index (κ1) is 19.5. The van der Waals surface area contributed by atoms with Crippen LogP contribution in [0.2, 0.25) is 0 Å². The molecule has 2 amide bonds. The normalized spacial score (nSPS) is 14.1. The fourth-order valence-corrected chi connectivity index (χ4v) is 2.81. The molecule has 1 aliphatic heterocycles. The molecule has 2 aromatic rings. The average Bonchev–Trinajstić information content (AvgIpc) is 2.74. The molecule has 1 saturated heterocycles. The van der Waals surface area contributed by atoms with Crippen LogP contribution < -0.4 is 10.6 Å². The summed E-state index contributed by atoms with van der Waals surface area (Å²) in [6.07, 6.45) is 1.43. The molecule has 1 aromatic carbocycles. The van der Waals surface area contributed by atoms with Gasteiger partial charge in [0.05, 0.1) is 24.8 Å². The van der Waals surface area contributed by atoms with Crippen molar-refractivity contribution in [1.82, 2.24) is 15.2 Å². The van der Waals surface area contributed by atoms with Crippen molar-refractivity contribution in [2.24, 2.45) is 0 Å². The van der Waals surface area contributed by atoms with E-state index in [0.29, 0.717) is 36.6 Å². The second kappa shape index (κ2) is 9.60. The van der Waals surface area contributed by atoms with Crippen LogP contribution in [0.15, 0.2) is 42.6 Å². The Hall–Kier alpha value is -3.28. The van der Waals surface area contributed by atoms with Gasteiger partial charge in [0.25, 0.3) is 11.8 Å². The molecule has 2 N–H and O–H groups in total. The molecule has 1 aromatic heterocycles. The van der Waals surface area contributed by atoms with Gasteiger partial charge in [0, 0.05) is 43.6 Å². The Morgan fingerprint density at radius 3 is 2.79 bits per heavy atom. The highest BCUT2D eigenvalue weighted by Crippen LogP contribution is 2.12. The lowest BCUT2D eigenvalue weighted by Crippen LogP contribution is -2.41. The molecule has 8 nitrogen and oxygen atoms in total. The molecule has 0 bridgehead atoms. The van der Waals surface area contributed by atoms with Gasteiger partial charge in [0.1, 0.15) is 5.69 Å². The van der Waals surface area contributed by atoms with Crippen molar-refractivity contribution >= 4 is 17.5 Å². The van der Waals surface area contributed by atoms with E-state index in [2.05, 4.69) is 20.5 Å². The summed E-state index contributed by atoms with van der Waals surface area (Å²) in [5, 5.41) is 14.5. The molecule has 0 aliphatic carbocycles.